The number of rotatable bonds is 7. The Kier molecular flexibility index (Phi) is 11.8. The predicted octanol–water partition coefficient (Wildman–Crippen LogP) is 4.36. The standard InChI is InChI=1S/C21H33N3OS.2ClH/c22-17-21(9-2-1-3-10-21)16-20(25)23-19-6-4-18(5-7-19)8-11-24-12-14-26-15-13-24;;/h4-7H,1-3,8-17,22H2,(H,23,25);2*1H. The fourth-order valence-corrected chi connectivity index (χ4v) is 5.15. The molecule has 4 nitrogen and oxygen atoms in total. The molecule has 1 saturated heterocycles. The van der Waals surface area contributed by atoms with Crippen molar-refractivity contribution >= 4 is 48.2 Å². The van der Waals surface area contributed by atoms with E-state index in [1.165, 1.54) is 49.4 Å². The highest BCUT2D eigenvalue weighted by Crippen LogP contribution is 2.38. The molecule has 2 fully saturated rings. The van der Waals surface area contributed by atoms with Gasteiger partial charge in [-0.1, -0.05) is 31.4 Å². The van der Waals surface area contributed by atoms with E-state index in [-0.39, 0.29) is 36.1 Å². The maximum absolute atomic E-state index is 12.5. The minimum Gasteiger partial charge on any atom is -0.330 e. The SMILES string of the molecule is Cl.Cl.NCC1(CC(=O)Nc2ccc(CCN3CCSCC3)cc2)CCCCC1. The fourth-order valence-electron chi connectivity index (χ4n) is 4.17. The van der Waals surface area contributed by atoms with Crippen LogP contribution in [-0.2, 0) is 11.2 Å². The number of carbonyl (C=O) groups excluding carboxylic acids is 1. The molecule has 160 valence electrons. The van der Waals surface area contributed by atoms with Gasteiger partial charge in [0.15, 0.2) is 0 Å². The van der Waals surface area contributed by atoms with Crippen molar-refractivity contribution < 1.29 is 4.79 Å². The van der Waals surface area contributed by atoms with E-state index in [1.54, 1.807) is 0 Å². The number of nitrogens with zero attached hydrogens (tertiary/aromatic N) is 1. The first-order chi connectivity index (χ1) is 12.7. The van der Waals surface area contributed by atoms with Crippen LogP contribution in [0.5, 0.6) is 0 Å². The van der Waals surface area contributed by atoms with Crippen molar-refractivity contribution in [1.29, 1.82) is 0 Å². The molecule has 2 aliphatic rings. The average Bonchev–Trinajstić information content (AvgIpc) is 2.69. The second-order valence-corrected chi connectivity index (χ2v) is 9.12. The molecule has 3 rings (SSSR count). The van der Waals surface area contributed by atoms with Crippen LogP contribution in [0.15, 0.2) is 24.3 Å². The molecule has 1 aromatic carbocycles. The lowest BCUT2D eigenvalue weighted by Crippen LogP contribution is -2.36. The number of carbonyl (C=O) groups is 1. The van der Waals surface area contributed by atoms with Gasteiger partial charge in [-0.25, -0.2) is 0 Å². The zero-order valence-corrected chi connectivity index (χ0v) is 19.1. The van der Waals surface area contributed by atoms with Gasteiger partial charge in [-0.15, -0.1) is 24.8 Å². The summed E-state index contributed by atoms with van der Waals surface area (Å²) in [4.78, 5) is 15.0. The van der Waals surface area contributed by atoms with Crippen molar-refractivity contribution in [1.82, 2.24) is 4.90 Å². The predicted molar refractivity (Wildman–Crippen MR) is 126 cm³/mol. The molecule has 0 atom stereocenters. The second kappa shape index (κ2) is 13.0. The summed E-state index contributed by atoms with van der Waals surface area (Å²) in [6.45, 7) is 4.17. The van der Waals surface area contributed by atoms with E-state index < -0.39 is 0 Å². The molecule has 1 saturated carbocycles. The molecule has 1 aliphatic carbocycles. The van der Waals surface area contributed by atoms with Crippen LogP contribution in [0.4, 0.5) is 5.69 Å². The molecular formula is C21H35Cl2N3OS. The van der Waals surface area contributed by atoms with Gasteiger partial charge in [0.1, 0.15) is 0 Å². The zero-order chi connectivity index (χ0) is 18.2. The molecule has 1 aromatic rings. The fraction of sp³-hybridized carbons (Fsp3) is 0.667. The van der Waals surface area contributed by atoms with Gasteiger partial charge in [0.05, 0.1) is 0 Å². The molecule has 7 heteroatoms. The highest BCUT2D eigenvalue weighted by atomic mass is 35.5. The van der Waals surface area contributed by atoms with E-state index in [1.807, 2.05) is 12.1 Å². The van der Waals surface area contributed by atoms with Crippen LogP contribution >= 0.6 is 36.6 Å². The highest BCUT2D eigenvalue weighted by molar-refractivity contribution is 7.99. The lowest BCUT2D eigenvalue weighted by Gasteiger charge is -2.35. The molecule has 0 radical (unpaired) electrons. The largest absolute Gasteiger partial charge is 0.330 e. The number of hydrogen-bond donors (Lipinski definition) is 2. The number of halogens is 2. The Labute approximate surface area is 186 Å². The van der Waals surface area contributed by atoms with Gasteiger partial charge in [0, 0.05) is 43.2 Å². The highest BCUT2D eigenvalue weighted by Gasteiger charge is 2.32. The molecule has 0 aromatic heterocycles. The number of thioether (sulfide) groups is 1. The van der Waals surface area contributed by atoms with Crippen LogP contribution in [-0.4, -0.2) is 48.5 Å². The van der Waals surface area contributed by atoms with Crippen molar-refractivity contribution in [2.75, 3.05) is 43.0 Å². The third kappa shape index (κ3) is 7.75. The summed E-state index contributed by atoms with van der Waals surface area (Å²) in [5.74, 6) is 2.63. The van der Waals surface area contributed by atoms with Gasteiger partial charge < -0.3 is 16.0 Å². The second-order valence-electron chi connectivity index (χ2n) is 7.89. The first-order valence-corrected chi connectivity index (χ1v) is 11.2. The molecule has 0 unspecified atom stereocenters. The number of nitrogens with one attached hydrogen (secondary N) is 1. The third-order valence-corrected chi connectivity index (χ3v) is 6.88. The zero-order valence-electron chi connectivity index (χ0n) is 16.7. The van der Waals surface area contributed by atoms with E-state index >= 15 is 0 Å². The number of benzene rings is 1. The molecular weight excluding hydrogens is 413 g/mol. The van der Waals surface area contributed by atoms with Gasteiger partial charge in [0.2, 0.25) is 5.91 Å². The Morgan fingerprint density at radius 2 is 1.71 bits per heavy atom. The third-order valence-electron chi connectivity index (χ3n) is 5.94. The van der Waals surface area contributed by atoms with E-state index in [4.69, 9.17) is 5.73 Å². The van der Waals surface area contributed by atoms with Crippen molar-refractivity contribution in [3.63, 3.8) is 0 Å². The van der Waals surface area contributed by atoms with Crippen molar-refractivity contribution in [2.45, 2.75) is 44.9 Å². The van der Waals surface area contributed by atoms with Gasteiger partial charge in [-0.3, -0.25) is 4.79 Å². The Morgan fingerprint density at radius 1 is 1.07 bits per heavy atom. The first-order valence-electron chi connectivity index (χ1n) is 10.1. The van der Waals surface area contributed by atoms with Gasteiger partial charge >= 0.3 is 0 Å². The van der Waals surface area contributed by atoms with Crippen LogP contribution in [0.1, 0.15) is 44.1 Å². The average molecular weight is 449 g/mol. The summed E-state index contributed by atoms with van der Waals surface area (Å²) < 4.78 is 0. The summed E-state index contributed by atoms with van der Waals surface area (Å²) in [6.07, 6.45) is 7.49. The monoisotopic (exact) mass is 447 g/mol. The quantitative estimate of drug-likeness (QED) is 0.651. The molecule has 0 bridgehead atoms. The summed E-state index contributed by atoms with van der Waals surface area (Å²) in [7, 11) is 0. The topological polar surface area (TPSA) is 58.4 Å². The molecule has 1 heterocycles. The van der Waals surface area contributed by atoms with Gasteiger partial charge in [0.25, 0.3) is 0 Å². The van der Waals surface area contributed by atoms with E-state index in [9.17, 15) is 4.79 Å². The number of amides is 1. The Balaban J connectivity index is 0.00000196. The van der Waals surface area contributed by atoms with E-state index in [0.29, 0.717) is 13.0 Å². The lowest BCUT2D eigenvalue weighted by atomic mass is 9.71. The van der Waals surface area contributed by atoms with Crippen molar-refractivity contribution in [2.24, 2.45) is 11.1 Å². The van der Waals surface area contributed by atoms with Crippen molar-refractivity contribution in [3.05, 3.63) is 29.8 Å². The summed E-state index contributed by atoms with van der Waals surface area (Å²) >= 11 is 2.05. The number of anilines is 1. The number of nitrogens with two attached hydrogens (primary N) is 1. The minimum absolute atomic E-state index is 0. The van der Waals surface area contributed by atoms with Gasteiger partial charge in [-0.05, 0) is 48.9 Å². The summed E-state index contributed by atoms with van der Waals surface area (Å²) in [5.41, 5.74) is 8.27. The normalized spacial score (nSPS) is 19.2. The van der Waals surface area contributed by atoms with Crippen LogP contribution in [0, 0.1) is 5.41 Å². The van der Waals surface area contributed by atoms with Crippen LogP contribution < -0.4 is 11.1 Å². The van der Waals surface area contributed by atoms with Crippen LogP contribution in [0.3, 0.4) is 0 Å². The summed E-state index contributed by atoms with van der Waals surface area (Å²) in [6, 6.07) is 8.37. The Bertz CT molecular complexity index is 574. The maximum atomic E-state index is 12.5. The van der Waals surface area contributed by atoms with Crippen LogP contribution in [0.2, 0.25) is 0 Å². The van der Waals surface area contributed by atoms with Crippen molar-refractivity contribution in [3.8, 4) is 0 Å². The van der Waals surface area contributed by atoms with Gasteiger partial charge in [-0.2, -0.15) is 11.8 Å². The molecule has 1 amide bonds. The maximum Gasteiger partial charge on any atom is 0.224 e. The summed E-state index contributed by atoms with van der Waals surface area (Å²) in [5, 5.41) is 3.07. The number of hydrogen-bond acceptors (Lipinski definition) is 4. The molecule has 0 spiro atoms. The Hall–Kier alpha value is -0.460. The Morgan fingerprint density at radius 3 is 2.32 bits per heavy atom. The molecule has 1 aliphatic heterocycles. The molecule has 3 N–H and O–H groups in total. The van der Waals surface area contributed by atoms with E-state index in [0.717, 1.165) is 31.5 Å². The smallest absolute Gasteiger partial charge is 0.224 e. The van der Waals surface area contributed by atoms with E-state index in [2.05, 4.69) is 34.1 Å². The minimum atomic E-state index is 0. The molecule has 28 heavy (non-hydrogen) atoms. The lowest BCUT2D eigenvalue weighted by molar-refractivity contribution is -0.118. The first kappa shape index (κ1) is 25.6. The van der Waals surface area contributed by atoms with Crippen LogP contribution in [0.25, 0.3) is 0 Å².